The predicted molar refractivity (Wildman–Crippen MR) is 165 cm³/mol. The van der Waals surface area contributed by atoms with E-state index in [1.165, 1.54) is 12.1 Å². The molecule has 0 spiro atoms. The highest BCUT2D eigenvalue weighted by Crippen LogP contribution is 2.27. The Morgan fingerprint density at radius 1 is 1.12 bits per heavy atom. The number of imidazole rings is 1. The predicted octanol–water partition coefficient (Wildman–Crippen LogP) is 5.58. The van der Waals surface area contributed by atoms with E-state index in [0.29, 0.717) is 46.0 Å². The van der Waals surface area contributed by atoms with Crippen LogP contribution in [0.1, 0.15) is 22.4 Å². The fourth-order valence-electron chi connectivity index (χ4n) is 4.07. The standard InChI is InChI=1S/C29H25Cl2N7O3S/c30-26-3-1-2-22(28(26)31)18-36(29(42)35-23-8-10-24(11-9-23)38(40)41)13-12-34-27(39)14-25-16-33-19-37(25)17-21-6-4-20(15-32)5-7-21/h1-11,16,19H,12-14,17-18H2,(H,34,39)(H,35,42). The number of hydrogen-bond donors (Lipinski definition) is 2. The summed E-state index contributed by atoms with van der Waals surface area (Å²) in [5, 5.41) is 27.2. The Balaban J connectivity index is 1.38. The van der Waals surface area contributed by atoms with Gasteiger partial charge in [-0.1, -0.05) is 47.5 Å². The van der Waals surface area contributed by atoms with Gasteiger partial charge in [0.2, 0.25) is 5.91 Å². The number of nitrogens with zero attached hydrogens (tertiary/aromatic N) is 5. The molecule has 214 valence electrons. The van der Waals surface area contributed by atoms with Crippen LogP contribution in [0.5, 0.6) is 0 Å². The van der Waals surface area contributed by atoms with E-state index in [1.807, 2.05) is 27.7 Å². The molecule has 0 radical (unpaired) electrons. The zero-order valence-electron chi connectivity index (χ0n) is 22.2. The molecule has 0 atom stereocenters. The third kappa shape index (κ3) is 8.27. The molecule has 3 aromatic carbocycles. The third-order valence-corrected chi connectivity index (χ3v) is 7.51. The van der Waals surface area contributed by atoms with E-state index in [9.17, 15) is 14.9 Å². The van der Waals surface area contributed by atoms with E-state index in [4.69, 9.17) is 40.7 Å². The maximum atomic E-state index is 12.8. The number of carbonyl (C=O) groups is 1. The Morgan fingerprint density at radius 3 is 2.55 bits per heavy atom. The van der Waals surface area contributed by atoms with Crippen molar-refractivity contribution in [3.8, 4) is 6.07 Å². The summed E-state index contributed by atoms with van der Waals surface area (Å²) in [6.07, 6.45) is 3.45. The van der Waals surface area contributed by atoms with Gasteiger partial charge < -0.3 is 20.1 Å². The molecule has 0 aliphatic carbocycles. The van der Waals surface area contributed by atoms with E-state index in [2.05, 4.69) is 21.7 Å². The van der Waals surface area contributed by atoms with Crippen LogP contribution in [0, 0.1) is 21.4 Å². The highest BCUT2D eigenvalue weighted by Gasteiger charge is 2.16. The highest BCUT2D eigenvalue weighted by molar-refractivity contribution is 7.80. The van der Waals surface area contributed by atoms with Crippen LogP contribution in [0.25, 0.3) is 0 Å². The lowest BCUT2D eigenvalue weighted by molar-refractivity contribution is -0.384. The molecule has 0 unspecified atom stereocenters. The maximum Gasteiger partial charge on any atom is 0.269 e. The first kappa shape index (κ1) is 30.5. The van der Waals surface area contributed by atoms with Gasteiger partial charge in [-0.2, -0.15) is 5.26 Å². The molecule has 10 nitrogen and oxygen atoms in total. The van der Waals surface area contributed by atoms with E-state index < -0.39 is 4.92 Å². The Morgan fingerprint density at radius 2 is 1.86 bits per heavy atom. The summed E-state index contributed by atoms with van der Waals surface area (Å²) in [4.78, 5) is 29.4. The summed E-state index contributed by atoms with van der Waals surface area (Å²) in [5.41, 5.74) is 3.60. The van der Waals surface area contributed by atoms with Crippen molar-refractivity contribution in [3.05, 3.63) is 122 Å². The van der Waals surface area contributed by atoms with Gasteiger partial charge in [0, 0.05) is 55.9 Å². The largest absolute Gasteiger partial charge is 0.354 e. The molecule has 0 aliphatic heterocycles. The van der Waals surface area contributed by atoms with Crippen LogP contribution < -0.4 is 10.6 Å². The van der Waals surface area contributed by atoms with Gasteiger partial charge in [-0.25, -0.2) is 4.98 Å². The second kappa shape index (κ2) is 14.4. The van der Waals surface area contributed by atoms with E-state index in [1.54, 1.807) is 48.9 Å². The molecule has 0 fully saturated rings. The molecule has 2 N–H and O–H groups in total. The van der Waals surface area contributed by atoms with E-state index in [0.717, 1.165) is 16.8 Å². The minimum absolute atomic E-state index is 0.0324. The van der Waals surface area contributed by atoms with Crippen LogP contribution in [0.2, 0.25) is 10.0 Å². The number of nitriles is 1. The maximum absolute atomic E-state index is 12.8. The van der Waals surface area contributed by atoms with Crippen molar-refractivity contribution >= 4 is 57.8 Å². The average Bonchev–Trinajstić information content (AvgIpc) is 3.41. The minimum Gasteiger partial charge on any atom is -0.354 e. The number of benzene rings is 3. The molecular formula is C29H25Cl2N7O3S. The molecule has 42 heavy (non-hydrogen) atoms. The first-order chi connectivity index (χ1) is 20.2. The fourth-order valence-corrected chi connectivity index (χ4v) is 4.73. The number of nitro groups is 1. The van der Waals surface area contributed by atoms with Crippen molar-refractivity contribution in [3.63, 3.8) is 0 Å². The SMILES string of the molecule is N#Cc1ccc(Cn2cncc2CC(=O)NCCN(Cc2cccc(Cl)c2Cl)C(=S)Nc2ccc([N+](=O)[O-])cc2)cc1. The molecule has 1 aromatic heterocycles. The van der Waals surface area contributed by atoms with Gasteiger partial charge in [-0.05, 0) is 53.7 Å². The molecule has 1 amide bonds. The number of carbonyl (C=O) groups excluding carboxylic acids is 1. The normalized spacial score (nSPS) is 10.5. The fraction of sp³-hybridized carbons (Fsp3) is 0.172. The molecule has 0 bridgehead atoms. The average molecular weight is 623 g/mol. The van der Waals surface area contributed by atoms with E-state index >= 15 is 0 Å². The number of hydrogen-bond acceptors (Lipinski definition) is 6. The smallest absolute Gasteiger partial charge is 0.269 e. The number of non-ortho nitro benzene ring substituents is 1. The summed E-state index contributed by atoms with van der Waals surface area (Å²) >= 11 is 18.3. The molecule has 1 heterocycles. The van der Waals surface area contributed by atoms with Crippen LogP contribution in [0.4, 0.5) is 11.4 Å². The lowest BCUT2D eigenvalue weighted by Crippen LogP contribution is -2.40. The summed E-state index contributed by atoms with van der Waals surface area (Å²) < 4.78 is 1.89. The summed E-state index contributed by atoms with van der Waals surface area (Å²) in [6.45, 7) is 1.46. The molecule has 0 saturated carbocycles. The molecule has 4 aromatic rings. The van der Waals surface area contributed by atoms with Crippen molar-refractivity contribution in [2.24, 2.45) is 0 Å². The molecule has 4 rings (SSSR count). The van der Waals surface area contributed by atoms with Gasteiger partial charge >= 0.3 is 0 Å². The first-order valence-corrected chi connectivity index (χ1v) is 13.9. The number of thiocarbonyl (C=S) groups is 1. The number of halogens is 2. The Bertz CT molecular complexity index is 1620. The minimum atomic E-state index is -0.474. The topological polar surface area (TPSA) is 129 Å². The van der Waals surface area contributed by atoms with Gasteiger partial charge in [0.15, 0.2) is 5.11 Å². The summed E-state index contributed by atoms with van der Waals surface area (Å²) in [7, 11) is 0. The monoisotopic (exact) mass is 621 g/mol. The van der Waals surface area contributed by atoms with Gasteiger partial charge in [0.05, 0.1) is 39.3 Å². The number of anilines is 1. The van der Waals surface area contributed by atoms with Crippen LogP contribution >= 0.6 is 35.4 Å². The summed E-state index contributed by atoms with van der Waals surface area (Å²) in [5.74, 6) is -0.188. The lowest BCUT2D eigenvalue weighted by atomic mass is 10.1. The van der Waals surface area contributed by atoms with Crippen LogP contribution in [-0.4, -0.2) is 43.5 Å². The van der Waals surface area contributed by atoms with Gasteiger partial charge in [0.1, 0.15) is 0 Å². The van der Waals surface area contributed by atoms with Crippen LogP contribution in [0.15, 0.2) is 79.3 Å². The number of aromatic nitrogens is 2. The van der Waals surface area contributed by atoms with Gasteiger partial charge in [-0.3, -0.25) is 14.9 Å². The Labute approximate surface area is 257 Å². The second-order valence-corrected chi connectivity index (χ2v) is 10.4. The zero-order chi connectivity index (χ0) is 30.1. The van der Waals surface area contributed by atoms with E-state index in [-0.39, 0.29) is 24.6 Å². The van der Waals surface area contributed by atoms with Gasteiger partial charge in [0.25, 0.3) is 5.69 Å². The zero-order valence-corrected chi connectivity index (χ0v) is 24.5. The second-order valence-electron chi connectivity index (χ2n) is 9.22. The van der Waals surface area contributed by atoms with Crippen molar-refractivity contribution in [1.82, 2.24) is 19.8 Å². The quantitative estimate of drug-likeness (QED) is 0.126. The number of nitrogens with one attached hydrogen (secondary N) is 2. The van der Waals surface area contributed by atoms with Gasteiger partial charge in [-0.15, -0.1) is 0 Å². The van der Waals surface area contributed by atoms with Crippen molar-refractivity contribution < 1.29 is 9.72 Å². The highest BCUT2D eigenvalue weighted by atomic mass is 35.5. The first-order valence-electron chi connectivity index (χ1n) is 12.7. The Hall–Kier alpha value is -4.50. The molecule has 0 saturated heterocycles. The lowest BCUT2D eigenvalue weighted by Gasteiger charge is -2.27. The molecule has 13 heteroatoms. The van der Waals surface area contributed by atoms with Crippen LogP contribution in [0.3, 0.4) is 0 Å². The molecule has 0 aliphatic rings. The van der Waals surface area contributed by atoms with Crippen molar-refractivity contribution in [1.29, 1.82) is 5.26 Å². The van der Waals surface area contributed by atoms with Crippen LogP contribution in [-0.2, 0) is 24.3 Å². The van der Waals surface area contributed by atoms with Crippen molar-refractivity contribution in [2.45, 2.75) is 19.5 Å². The van der Waals surface area contributed by atoms with Crippen molar-refractivity contribution in [2.75, 3.05) is 18.4 Å². The summed E-state index contributed by atoms with van der Waals surface area (Å²) in [6, 6.07) is 20.6. The number of amides is 1. The number of rotatable bonds is 11. The third-order valence-electron chi connectivity index (χ3n) is 6.29. The Kier molecular flexibility index (Phi) is 10.4. The molecular weight excluding hydrogens is 597 g/mol. The number of nitro benzene ring substituents is 1.